The Balaban J connectivity index is 2.01. The first-order valence-corrected chi connectivity index (χ1v) is 7.49. The van der Waals surface area contributed by atoms with Crippen LogP contribution in [0.4, 0.5) is 4.79 Å². The van der Waals surface area contributed by atoms with E-state index in [1.165, 1.54) is 18.7 Å². The number of rotatable bonds is 5. The minimum atomic E-state index is -0.744. The first-order chi connectivity index (χ1) is 10.5. The van der Waals surface area contributed by atoms with E-state index in [0.29, 0.717) is 13.0 Å². The minimum Gasteiger partial charge on any atom is -0.445 e. The van der Waals surface area contributed by atoms with Crippen LogP contribution in [-0.4, -0.2) is 35.1 Å². The van der Waals surface area contributed by atoms with Crippen molar-refractivity contribution >= 4 is 17.7 Å². The van der Waals surface area contributed by atoms with E-state index < -0.39 is 12.0 Å². The summed E-state index contributed by atoms with van der Waals surface area (Å²) in [5.74, 6) is -1.13. The van der Waals surface area contributed by atoms with Crippen LogP contribution in [-0.2, 0) is 20.9 Å². The van der Waals surface area contributed by atoms with Gasteiger partial charge in [-0.25, -0.2) is 4.79 Å². The maximum atomic E-state index is 12.3. The van der Waals surface area contributed by atoms with Crippen molar-refractivity contribution in [1.82, 2.24) is 4.90 Å². The monoisotopic (exact) mass is 303 g/mol. The molecule has 0 aliphatic carbocycles. The number of ether oxygens (including phenoxy) is 1. The van der Waals surface area contributed by atoms with Gasteiger partial charge in [0.25, 0.3) is 0 Å². The van der Waals surface area contributed by atoms with Gasteiger partial charge in [-0.3, -0.25) is 9.59 Å². The Bertz CT molecular complexity index is 541. The van der Waals surface area contributed by atoms with Crippen molar-refractivity contribution in [2.24, 2.45) is 5.92 Å². The van der Waals surface area contributed by atoms with Crippen LogP contribution in [0.5, 0.6) is 0 Å². The SMILES string of the molecule is CC(=O)C(C(C)=O)C1CCCN1C(=O)OCc1ccccc1. The molecule has 0 bridgehead atoms. The van der Waals surface area contributed by atoms with Crippen molar-refractivity contribution in [3.63, 3.8) is 0 Å². The van der Waals surface area contributed by atoms with E-state index >= 15 is 0 Å². The fourth-order valence-corrected chi connectivity index (χ4v) is 3.00. The van der Waals surface area contributed by atoms with Gasteiger partial charge in [-0.2, -0.15) is 0 Å². The summed E-state index contributed by atoms with van der Waals surface area (Å²) in [4.78, 5) is 37.2. The minimum absolute atomic E-state index is 0.188. The van der Waals surface area contributed by atoms with Gasteiger partial charge >= 0.3 is 6.09 Å². The molecule has 1 atom stereocenters. The van der Waals surface area contributed by atoms with E-state index in [1.807, 2.05) is 30.3 Å². The maximum absolute atomic E-state index is 12.3. The van der Waals surface area contributed by atoms with Crippen molar-refractivity contribution in [2.45, 2.75) is 39.3 Å². The molecule has 5 heteroatoms. The summed E-state index contributed by atoms with van der Waals surface area (Å²) >= 11 is 0. The number of ketones is 2. The van der Waals surface area contributed by atoms with Gasteiger partial charge in [0.2, 0.25) is 0 Å². The number of hydrogen-bond acceptors (Lipinski definition) is 4. The molecule has 1 aliphatic heterocycles. The molecule has 1 heterocycles. The van der Waals surface area contributed by atoms with Crippen LogP contribution in [0.3, 0.4) is 0 Å². The van der Waals surface area contributed by atoms with Gasteiger partial charge in [-0.15, -0.1) is 0 Å². The summed E-state index contributed by atoms with van der Waals surface area (Å²) in [6, 6.07) is 9.03. The van der Waals surface area contributed by atoms with Crippen molar-refractivity contribution in [1.29, 1.82) is 0 Å². The molecular formula is C17H21NO4. The lowest BCUT2D eigenvalue weighted by atomic mass is 9.90. The Hall–Kier alpha value is -2.17. The van der Waals surface area contributed by atoms with Gasteiger partial charge in [0.1, 0.15) is 18.2 Å². The smallest absolute Gasteiger partial charge is 0.410 e. The number of benzene rings is 1. The molecule has 5 nitrogen and oxygen atoms in total. The van der Waals surface area contributed by atoms with Crippen LogP contribution in [0.2, 0.25) is 0 Å². The van der Waals surface area contributed by atoms with E-state index in [4.69, 9.17) is 4.74 Å². The number of amides is 1. The number of likely N-dealkylation sites (tertiary alicyclic amines) is 1. The highest BCUT2D eigenvalue weighted by Crippen LogP contribution is 2.26. The molecule has 0 N–H and O–H groups in total. The lowest BCUT2D eigenvalue weighted by Crippen LogP contribution is -2.45. The summed E-state index contributed by atoms with van der Waals surface area (Å²) in [5.41, 5.74) is 0.904. The number of Topliss-reactive ketones (excluding diaryl/α,β-unsaturated/α-hetero) is 2. The highest BCUT2D eigenvalue weighted by molar-refractivity contribution is 6.01. The first kappa shape index (κ1) is 16.2. The van der Waals surface area contributed by atoms with Gasteiger partial charge in [0, 0.05) is 6.54 Å². The van der Waals surface area contributed by atoms with Gasteiger partial charge in [0.15, 0.2) is 0 Å². The van der Waals surface area contributed by atoms with Crippen molar-refractivity contribution in [2.75, 3.05) is 6.54 Å². The Kier molecular flexibility index (Phi) is 5.31. The second kappa shape index (κ2) is 7.20. The second-order valence-electron chi connectivity index (χ2n) is 5.64. The van der Waals surface area contributed by atoms with E-state index in [1.54, 1.807) is 0 Å². The highest BCUT2D eigenvalue weighted by Gasteiger charge is 2.40. The fraction of sp³-hybridized carbons (Fsp3) is 0.471. The van der Waals surface area contributed by atoms with Gasteiger partial charge in [-0.1, -0.05) is 30.3 Å². The van der Waals surface area contributed by atoms with Crippen molar-refractivity contribution in [3.05, 3.63) is 35.9 Å². The van der Waals surface area contributed by atoms with E-state index in [0.717, 1.165) is 12.0 Å². The Labute approximate surface area is 130 Å². The molecule has 1 aromatic carbocycles. The molecule has 118 valence electrons. The molecule has 1 unspecified atom stereocenters. The molecule has 1 aromatic rings. The topological polar surface area (TPSA) is 63.7 Å². The first-order valence-electron chi connectivity index (χ1n) is 7.49. The Morgan fingerprint density at radius 2 is 1.82 bits per heavy atom. The fourth-order valence-electron chi connectivity index (χ4n) is 3.00. The summed E-state index contributed by atoms with van der Waals surface area (Å²) in [6.07, 6.45) is 0.978. The van der Waals surface area contributed by atoms with Gasteiger partial charge < -0.3 is 9.64 Å². The summed E-state index contributed by atoms with van der Waals surface area (Å²) < 4.78 is 5.32. The average molecular weight is 303 g/mol. The zero-order valence-electron chi connectivity index (χ0n) is 13.0. The predicted molar refractivity (Wildman–Crippen MR) is 81.2 cm³/mol. The normalized spacial score (nSPS) is 17.6. The predicted octanol–water partition coefficient (Wildman–Crippen LogP) is 2.58. The van der Waals surface area contributed by atoms with E-state index in [9.17, 15) is 14.4 Å². The van der Waals surface area contributed by atoms with Crippen LogP contribution in [0.25, 0.3) is 0 Å². The van der Waals surface area contributed by atoms with Crippen LogP contribution < -0.4 is 0 Å². The van der Waals surface area contributed by atoms with Crippen LogP contribution in [0.15, 0.2) is 30.3 Å². The average Bonchev–Trinajstić information content (AvgIpc) is 2.94. The van der Waals surface area contributed by atoms with E-state index in [2.05, 4.69) is 0 Å². The molecule has 0 spiro atoms. The molecule has 1 fully saturated rings. The molecule has 0 aromatic heterocycles. The third-order valence-corrected chi connectivity index (χ3v) is 4.00. The number of carbonyl (C=O) groups excluding carboxylic acids is 3. The number of nitrogens with zero attached hydrogens (tertiary/aromatic N) is 1. The molecule has 1 saturated heterocycles. The standard InChI is InChI=1S/C17H21NO4/c1-12(19)16(13(2)20)15-9-6-10-18(15)17(21)22-11-14-7-4-3-5-8-14/h3-5,7-8,15-16H,6,9-11H2,1-2H3. The van der Waals surface area contributed by atoms with Crippen LogP contribution in [0, 0.1) is 5.92 Å². The maximum Gasteiger partial charge on any atom is 0.410 e. The molecule has 0 radical (unpaired) electrons. The summed E-state index contributed by atoms with van der Waals surface area (Å²) in [6.45, 7) is 3.51. The molecule has 2 rings (SSSR count). The third kappa shape index (κ3) is 3.72. The van der Waals surface area contributed by atoms with Crippen molar-refractivity contribution in [3.8, 4) is 0 Å². The largest absolute Gasteiger partial charge is 0.445 e. The van der Waals surface area contributed by atoms with E-state index in [-0.39, 0.29) is 24.2 Å². The van der Waals surface area contributed by atoms with Gasteiger partial charge in [-0.05, 0) is 32.3 Å². The highest BCUT2D eigenvalue weighted by atomic mass is 16.6. The molecule has 1 amide bonds. The Morgan fingerprint density at radius 1 is 1.18 bits per heavy atom. The van der Waals surface area contributed by atoms with Gasteiger partial charge in [0.05, 0.1) is 12.0 Å². The lowest BCUT2D eigenvalue weighted by Gasteiger charge is -2.28. The number of carbonyl (C=O) groups is 3. The number of hydrogen-bond donors (Lipinski definition) is 0. The quantitative estimate of drug-likeness (QED) is 0.784. The zero-order chi connectivity index (χ0) is 16.1. The third-order valence-electron chi connectivity index (χ3n) is 4.00. The molecular weight excluding hydrogens is 282 g/mol. The van der Waals surface area contributed by atoms with Crippen molar-refractivity contribution < 1.29 is 19.1 Å². The Morgan fingerprint density at radius 3 is 2.41 bits per heavy atom. The molecule has 1 aliphatic rings. The summed E-state index contributed by atoms with van der Waals surface area (Å²) in [7, 11) is 0. The molecule has 0 saturated carbocycles. The van der Waals surface area contributed by atoms with Crippen LogP contribution >= 0.6 is 0 Å². The lowest BCUT2D eigenvalue weighted by molar-refractivity contribution is -0.132. The van der Waals surface area contributed by atoms with Crippen LogP contribution in [0.1, 0.15) is 32.3 Å². The zero-order valence-corrected chi connectivity index (χ0v) is 13.0. The second-order valence-corrected chi connectivity index (χ2v) is 5.64. The molecule has 22 heavy (non-hydrogen) atoms. The summed E-state index contributed by atoms with van der Waals surface area (Å²) in [5, 5.41) is 0.